The van der Waals surface area contributed by atoms with Crippen LogP contribution in [0.3, 0.4) is 0 Å². The van der Waals surface area contributed by atoms with Crippen molar-refractivity contribution in [3.63, 3.8) is 0 Å². The summed E-state index contributed by atoms with van der Waals surface area (Å²) in [4.78, 5) is 0. The zero-order valence-corrected chi connectivity index (χ0v) is 12.8. The molecule has 1 nitrogen and oxygen atoms in total. The molecule has 4 heteroatoms. The molecule has 0 unspecified atom stereocenters. The van der Waals surface area contributed by atoms with E-state index in [0.29, 0.717) is 16.7 Å². The van der Waals surface area contributed by atoms with Gasteiger partial charge in [0, 0.05) is 15.6 Å². The predicted octanol–water partition coefficient (Wildman–Crippen LogP) is 5.64. The SMILES string of the molecule is Cc1ccc(OCc2c(Cl)cccc2Cl)c(Br)c1. The first kappa shape index (κ1) is 13.7. The zero-order chi connectivity index (χ0) is 13.1. The maximum absolute atomic E-state index is 6.08. The van der Waals surface area contributed by atoms with Crippen LogP contribution < -0.4 is 4.74 Å². The third kappa shape index (κ3) is 3.19. The minimum atomic E-state index is 0.347. The van der Waals surface area contributed by atoms with Gasteiger partial charge >= 0.3 is 0 Å². The fourth-order valence-corrected chi connectivity index (χ4v) is 2.66. The lowest BCUT2D eigenvalue weighted by Crippen LogP contribution is -1.98. The molecule has 0 saturated carbocycles. The second kappa shape index (κ2) is 5.96. The van der Waals surface area contributed by atoms with Crippen molar-refractivity contribution in [2.75, 3.05) is 0 Å². The van der Waals surface area contributed by atoms with E-state index < -0.39 is 0 Å². The van der Waals surface area contributed by atoms with Crippen molar-refractivity contribution in [1.82, 2.24) is 0 Å². The summed E-state index contributed by atoms with van der Waals surface area (Å²) < 4.78 is 6.65. The molecule has 0 spiro atoms. The molecule has 0 aliphatic heterocycles. The Balaban J connectivity index is 2.16. The van der Waals surface area contributed by atoms with E-state index in [1.165, 1.54) is 5.56 Å². The smallest absolute Gasteiger partial charge is 0.134 e. The monoisotopic (exact) mass is 344 g/mol. The van der Waals surface area contributed by atoms with Crippen LogP contribution in [0.4, 0.5) is 0 Å². The fraction of sp³-hybridized carbons (Fsp3) is 0.143. The standard InChI is InChI=1S/C14H11BrCl2O/c1-9-5-6-14(11(15)7-9)18-8-10-12(16)3-2-4-13(10)17/h2-7H,8H2,1H3. The van der Waals surface area contributed by atoms with E-state index in [2.05, 4.69) is 15.9 Å². The molecule has 0 amide bonds. The molecule has 94 valence electrons. The normalized spacial score (nSPS) is 10.4. The topological polar surface area (TPSA) is 9.23 Å². The van der Waals surface area contributed by atoms with Crippen molar-refractivity contribution in [1.29, 1.82) is 0 Å². The molecule has 0 fully saturated rings. The Hall–Kier alpha value is -0.700. The Morgan fingerprint density at radius 1 is 1.11 bits per heavy atom. The van der Waals surface area contributed by atoms with Gasteiger partial charge in [-0.3, -0.25) is 0 Å². The van der Waals surface area contributed by atoms with Crippen LogP contribution in [0.25, 0.3) is 0 Å². The van der Waals surface area contributed by atoms with Crippen LogP contribution >= 0.6 is 39.1 Å². The van der Waals surface area contributed by atoms with Gasteiger partial charge in [-0.1, -0.05) is 35.3 Å². The molecule has 18 heavy (non-hydrogen) atoms. The van der Waals surface area contributed by atoms with Crippen LogP contribution in [0.2, 0.25) is 10.0 Å². The van der Waals surface area contributed by atoms with Crippen molar-refractivity contribution in [3.05, 3.63) is 62.0 Å². The Morgan fingerprint density at radius 3 is 2.39 bits per heavy atom. The number of rotatable bonds is 3. The maximum atomic E-state index is 6.08. The van der Waals surface area contributed by atoms with Gasteiger partial charge in [0.25, 0.3) is 0 Å². The predicted molar refractivity (Wildman–Crippen MR) is 79.7 cm³/mol. The fourth-order valence-electron chi connectivity index (χ4n) is 1.54. The van der Waals surface area contributed by atoms with E-state index in [1.54, 1.807) is 12.1 Å². The Kier molecular flexibility index (Phi) is 4.55. The summed E-state index contributed by atoms with van der Waals surface area (Å²) in [6, 6.07) is 11.3. The third-order valence-electron chi connectivity index (χ3n) is 2.52. The maximum Gasteiger partial charge on any atom is 0.134 e. The number of halogens is 3. The molecule has 2 rings (SSSR count). The number of aryl methyl sites for hydroxylation is 1. The van der Waals surface area contributed by atoms with Crippen LogP contribution in [-0.4, -0.2) is 0 Å². The van der Waals surface area contributed by atoms with Crippen molar-refractivity contribution in [3.8, 4) is 5.75 Å². The van der Waals surface area contributed by atoms with Gasteiger partial charge in [0.05, 0.1) is 4.47 Å². The average molecular weight is 346 g/mol. The first-order chi connectivity index (χ1) is 8.58. The van der Waals surface area contributed by atoms with E-state index in [0.717, 1.165) is 15.8 Å². The van der Waals surface area contributed by atoms with E-state index in [9.17, 15) is 0 Å². The number of hydrogen-bond acceptors (Lipinski definition) is 1. The van der Waals surface area contributed by atoms with Crippen LogP contribution in [0, 0.1) is 6.92 Å². The van der Waals surface area contributed by atoms with Crippen LogP contribution in [-0.2, 0) is 6.61 Å². The molecule has 0 aliphatic rings. The summed E-state index contributed by atoms with van der Waals surface area (Å²) >= 11 is 15.6. The molecule has 0 heterocycles. The average Bonchev–Trinajstić information content (AvgIpc) is 2.31. The van der Waals surface area contributed by atoms with E-state index in [-0.39, 0.29) is 0 Å². The third-order valence-corrected chi connectivity index (χ3v) is 3.85. The highest BCUT2D eigenvalue weighted by atomic mass is 79.9. The highest BCUT2D eigenvalue weighted by molar-refractivity contribution is 9.10. The van der Waals surface area contributed by atoms with E-state index >= 15 is 0 Å². The highest BCUT2D eigenvalue weighted by Gasteiger charge is 2.07. The highest BCUT2D eigenvalue weighted by Crippen LogP contribution is 2.29. The summed E-state index contributed by atoms with van der Waals surface area (Å²) in [7, 11) is 0. The van der Waals surface area contributed by atoms with Crippen LogP contribution in [0.1, 0.15) is 11.1 Å². The Morgan fingerprint density at radius 2 is 1.78 bits per heavy atom. The van der Waals surface area contributed by atoms with Crippen LogP contribution in [0.15, 0.2) is 40.9 Å². The lowest BCUT2D eigenvalue weighted by Gasteiger charge is -2.11. The molecule has 0 atom stereocenters. The van der Waals surface area contributed by atoms with Gasteiger partial charge in [-0.2, -0.15) is 0 Å². The second-order valence-electron chi connectivity index (χ2n) is 3.92. The Bertz CT molecular complexity index is 549. The van der Waals surface area contributed by atoms with Crippen molar-refractivity contribution < 1.29 is 4.74 Å². The van der Waals surface area contributed by atoms with Gasteiger partial charge in [-0.25, -0.2) is 0 Å². The molecule has 2 aromatic rings. The molecule has 0 bridgehead atoms. The van der Waals surface area contributed by atoms with E-state index in [4.69, 9.17) is 27.9 Å². The summed E-state index contributed by atoms with van der Waals surface area (Å²) in [5, 5.41) is 1.23. The quantitative estimate of drug-likeness (QED) is 0.699. The van der Waals surface area contributed by atoms with Gasteiger partial charge in [-0.05, 0) is 52.7 Å². The molecule has 0 N–H and O–H groups in total. The molecular weight excluding hydrogens is 335 g/mol. The molecule has 0 aromatic heterocycles. The summed E-state index contributed by atoms with van der Waals surface area (Å²) in [5.41, 5.74) is 1.97. The first-order valence-corrected chi connectivity index (χ1v) is 6.94. The largest absolute Gasteiger partial charge is 0.488 e. The first-order valence-electron chi connectivity index (χ1n) is 5.40. The number of hydrogen-bond donors (Lipinski definition) is 0. The minimum absolute atomic E-state index is 0.347. The minimum Gasteiger partial charge on any atom is -0.488 e. The Labute approximate surface area is 125 Å². The lowest BCUT2D eigenvalue weighted by atomic mass is 10.2. The molecule has 0 saturated heterocycles. The van der Waals surface area contributed by atoms with Gasteiger partial charge in [0.1, 0.15) is 12.4 Å². The van der Waals surface area contributed by atoms with Gasteiger partial charge in [0.2, 0.25) is 0 Å². The van der Waals surface area contributed by atoms with Gasteiger partial charge < -0.3 is 4.74 Å². The molecule has 0 radical (unpaired) electrons. The zero-order valence-electron chi connectivity index (χ0n) is 9.71. The van der Waals surface area contributed by atoms with Gasteiger partial charge in [-0.15, -0.1) is 0 Å². The van der Waals surface area contributed by atoms with Crippen molar-refractivity contribution in [2.24, 2.45) is 0 Å². The van der Waals surface area contributed by atoms with Crippen molar-refractivity contribution >= 4 is 39.1 Å². The number of benzene rings is 2. The number of ether oxygens (including phenoxy) is 1. The van der Waals surface area contributed by atoms with Gasteiger partial charge in [0.15, 0.2) is 0 Å². The molecule has 0 aliphatic carbocycles. The summed E-state index contributed by atoms with van der Waals surface area (Å²) in [5.74, 6) is 0.775. The molecular formula is C14H11BrCl2O. The van der Waals surface area contributed by atoms with Crippen molar-refractivity contribution in [2.45, 2.75) is 13.5 Å². The second-order valence-corrected chi connectivity index (χ2v) is 5.59. The summed E-state index contributed by atoms with van der Waals surface area (Å²) in [6.45, 7) is 2.37. The molecule has 2 aromatic carbocycles. The lowest BCUT2D eigenvalue weighted by molar-refractivity contribution is 0.304. The van der Waals surface area contributed by atoms with Crippen LogP contribution in [0.5, 0.6) is 5.75 Å². The van der Waals surface area contributed by atoms with E-state index in [1.807, 2.05) is 31.2 Å². The summed E-state index contributed by atoms with van der Waals surface area (Å²) in [6.07, 6.45) is 0.